The van der Waals surface area contributed by atoms with Crippen LogP contribution >= 0.6 is 0 Å². The number of hydrogen-bond acceptors (Lipinski definition) is 2. The predicted octanol–water partition coefficient (Wildman–Crippen LogP) is 0.414. The van der Waals surface area contributed by atoms with Crippen molar-refractivity contribution in [1.82, 2.24) is 5.32 Å². The first-order chi connectivity index (χ1) is 5.66. The van der Waals surface area contributed by atoms with E-state index < -0.39 is 5.91 Å². The molecule has 0 unspecified atom stereocenters. The summed E-state index contributed by atoms with van der Waals surface area (Å²) < 4.78 is 0. The largest absolute Gasteiger partial charge is 0.370 e. The van der Waals surface area contributed by atoms with Gasteiger partial charge in [-0.15, -0.1) is 0 Å². The van der Waals surface area contributed by atoms with Crippen molar-refractivity contribution in [2.45, 2.75) is 33.6 Å². The molecule has 0 saturated heterocycles. The number of nitrogens with two attached hydrogens (primary N) is 1. The molecule has 0 heterocycles. The molecule has 72 valence electrons. The Morgan fingerprint density at radius 3 is 2.08 bits per heavy atom. The first-order valence-corrected chi connectivity index (χ1v) is 4.21. The third-order valence-corrected chi connectivity index (χ3v) is 0.972. The third kappa shape index (κ3) is 11.7. The summed E-state index contributed by atoms with van der Waals surface area (Å²) >= 11 is 0. The Hall–Kier alpha value is -1.06. The van der Waals surface area contributed by atoms with E-state index in [-0.39, 0.29) is 18.7 Å². The number of rotatable bonds is 4. The zero-order valence-electron chi connectivity index (χ0n) is 8.02. The summed E-state index contributed by atoms with van der Waals surface area (Å²) in [5, 5.41) is 2.55. The SMILES string of the molecule is CC.CCNC(=O)CCC(N)=O. The first-order valence-electron chi connectivity index (χ1n) is 4.21. The molecule has 2 amide bonds. The van der Waals surface area contributed by atoms with E-state index in [2.05, 4.69) is 5.32 Å². The zero-order valence-corrected chi connectivity index (χ0v) is 8.02. The predicted molar refractivity (Wildman–Crippen MR) is 48.5 cm³/mol. The van der Waals surface area contributed by atoms with Gasteiger partial charge in [-0.05, 0) is 6.92 Å². The van der Waals surface area contributed by atoms with Crippen molar-refractivity contribution >= 4 is 11.8 Å². The molecule has 0 radical (unpaired) electrons. The average Bonchev–Trinajstić information content (AvgIpc) is 2.05. The van der Waals surface area contributed by atoms with E-state index in [0.717, 1.165) is 0 Å². The number of carbonyl (C=O) groups is 2. The maximum Gasteiger partial charge on any atom is 0.220 e. The van der Waals surface area contributed by atoms with Crippen LogP contribution in [0.4, 0.5) is 0 Å². The minimum atomic E-state index is -0.439. The molecule has 3 N–H and O–H groups in total. The van der Waals surface area contributed by atoms with Gasteiger partial charge < -0.3 is 11.1 Å². The van der Waals surface area contributed by atoms with Gasteiger partial charge in [0, 0.05) is 19.4 Å². The number of carbonyl (C=O) groups excluding carboxylic acids is 2. The van der Waals surface area contributed by atoms with Crippen LogP contribution < -0.4 is 11.1 Å². The molecule has 0 aromatic carbocycles. The summed E-state index contributed by atoms with van der Waals surface area (Å²) in [6.07, 6.45) is 0.328. The van der Waals surface area contributed by atoms with Crippen molar-refractivity contribution in [2.24, 2.45) is 5.73 Å². The van der Waals surface area contributed by atoms with Gasteiger partial charge >= 0.3 is 0 Å². The normalized spacial score (nSPS) is 7.92. The molecule has 12 heavy (non-hydrogen) atoms. The van der Waals surface area contributed by atoms with Gasteiger partial charge in [0.05, 0.1) is 0 Å². The maximum absolute atomic E-state index is 10.6. The van der Waals surface area contributed by atoms with E-state index in [9.17, 15) is 9.59 Å². The summed E-state index contributed by atoms with van der Waals surface area (Å²) in [7, 11) is 0. The fourth-order valence-corrected chi connectivity index (χ4v) is 0.522. The van der Waals surface area contributed by atoms with Crippen LogP contribution in [0.1, 0.15) is 33.6 Å². The average molecular weight is 174 g/mol. The van der Waals surface area contributed by atoms with Gasteiger partial charge in [-0.25, -0.2) is 0 Å². The smallest absolute Gasteiger partial charge is 0.220 e. The standard InChI is InChI=1S/C6H12N2O2.C2H6/c1-2-8-6(10)4-3-5(7)9;1-2/h2-4H2,1H3,(H2,7,9)(H,8,10);1-2H3. The minimum Gasteiger partial charge on any atom is -0.370 e. The van der Waals surface area contributed by atoms with Crippen molar-refractivity contribution in [1.29, 1.82) is 0 Å². The second-order valence-electron chi connectivity index (χ2n) is 1.92. The second kappa shape index (κ2) is 9.94. The fourth-order valence-electron chi connectivity index (χ4n) is 0.522. The molecule has 4 heteroatoms. The molecule has 0 atom stereocenters. The topological polar surface area (TPSA) is 72.2 Å². The monoisotopic (exact) mass is 174 g/mol. The molecule has 0 bridgehead atoms. The molecule has 4 nitrogen and oxygen atoms in total. The van der Waals surface area contributed by atoms with Crippen molar-refractivity contribution < 1.29 is 9.59 Å². The minimum absolute atomic E-state index is 0.124. The fraction of sp³-hybridized carbons (Fsp3) is 0.750. The summed E-state index contributed by atoms with van der Waals surface area (Å²) in [4.78, 5) is 20.8. The summed E-state index contributed by atoms with van der Waals surface area (Å²) in [6.45, 7) is 6.42. The highest BCUT2D eigenvalue weighted by atomic mass is 16.2. The van der Waals surface area contributed by atoms with Gasteiger partial charge in [-0.3, -0.25) is 9.59 Å². The van der Waals surface area contributed by atoms with Gasteiger partial charge in [-0.2, -0.15) is 0 Å². The summed E-state index contributed by atoms with van der Waals surface area (Å²) in [5.74, 6) is -0.562. The Morgan fingerprint density at radius 1 is 1.25 bits per heavy atom. The highest BCUT2D eigenvalue weighted by Gasteiger charge is 2.00. The van der Waals surface area contributed by atoms with Gasteiger partial charge in [0.1, 0.15) is 0 Å². The van der Waals surface area contributed by atoms with Crippen molar-refractivity contribution in [2.75, 3.05) is 6.54 Å². The molecular formula is C8H18N2O2. The van der Waals surface area contributed by atoms with Crippen LogP contribution in [-0.2, 0) is 9.59 Å². The summed E-state index contributed by atoms with van der Waals surface area (Å²) in [6, 6.07) is 0. The number of nitrogens with one attached hydrogen (secondary N) is 1. The van der Waals surface area contributed by atoms with Crippen LogP contribution in [0.3, 0.4) is 0 Å². The van der Waals surface area contributed by atoms with Crippen LogP contribution in [0.15, 0.2) is 0 Å². The van der Waals surface area contributed by atoms with Gasteiger partial charge in [-0.1, -0.05) is 13.8 Å². The second-order valence-corrected chi connectivity index (χ2v) is 1.92. The van der Waals surface area contributed by atoms with Gasteiger partial charge in [0.15, 0.2) is 0 Å². The Morgan fingerprint density at radius 2 is 1.75 bits per heavy atom. The Labute approximate surface area is 73.5 Å². The van der Waals surface area contributed by atoms with E-state index in [0.29, 0.717) is 6.54 Å². The number of amides is 2. The highest BCUT2D eigenvalue weighted by molar-refractivity contribution is 5.82. The molecule has 0 aliphatic rings. The van der Waals surface area contributed by atoms with Gasteiger partial charge in [0.2, 0.25) is 11.8 Å². The van der Waals surface area contributed by atoms with Crippen LogP contribution in [-0.4, -0.2) is 18.4 Å². The lowest BCUT2D eigenvalue weighted by Gasteiger charge is -1.97. The van der Waals surface area contributed by atoms with Crippen LogP contribution in [0.2, 0.25) is 0 Å². The Bertz CT molecular complexity index is 135. The summed E-state index contributed by atoms with van der Waals surface area (Å²) in [5.41, 5.74) is 4.82. The molecule has 0 spiro atoms. The van der Waals surface area contributed by atoms with Crippen LogP contribution in [0.5, 0.6) is 0 Å². The molecule has 0 fully saturated rings. The third-order valence-electron chi connectivity index (χ3n) is 0.972. The molecule has 0 rings (SSSR count). The molecule has 0 aromatic heterocycles. The van der Waals surface area contributed by atoms with E-state index in [1.54, 1.807) is 0 Å². The lowest BCUT2D eigenvalue weighted by Crippen LogP contribution is -2.24. The lowest BCUT2D eigenvalue weighted by molar-refractivity contribution is -0.124. The van der Waals surface area contributed by atoms with Crippen LogP contribution in [0.25, 0.3) is 0 Å². The lowest BCUT2D eigenvalue weighted by atomic mass is 10.3. The first kappa shape index (κ1) is 13.5. The Kier molecular flexibility index (Phi) is 11.2. The molecule has 0 saturated carbocycles. The number of primary amides is 1. The van der Waals surface area contributed by atoms with Crippen LogP contribution in [0, 0.1) is 0 Å². The van der Waals surface area contributed by atoms with Crippen molar-refractivity contribution in [3.05, 3.63) is 0 Å². The quantitative estimate of drug-likeness (QED) is 0.648. The highest BCUT2D eigenvalue weighted by Crippen LogP contribution is 1.85. The van der Waals surface area contributed by atoms with Crippen molar-refractivity contribution in [3.8, 4) is 0 Å². The van der Waals surface area contributed by atoms with E-state index in [1.807, 2.05) is 20.8 Å². The van der Waals surface area contributed by atoms with E-state index in [4.69, 9.17) is 5.73 Å². The zero-order chi connectivity index (χ0) is 9.98. The Balaban J connectivity index is 0. The molecular weight excluding hydrogens is 156 g/mol. The van der Waals surface area contributed by atoms with E-state index in [1.165, 1.54) is 0 Å². The maximum atomic E-state index is 10.6. The molecule has 0 aliphatic carbocycles. The van der Waals surface area contributed by atoms with E-state index >= 15 is 0 Å². The van der Waals surface area contributed by atoms with Gasteiger partial charge in [0.25, 0.3) is 0 Å². The van der Waals surface area contributed by atoms with Crippen molar-refractivity contribution in [3.63, 3.8) is 0 Å². The number of hydrogen-bond donors (Lipinski definition) is 2. The molecule has 0 aliphatic heterocycles. The molecule has 0 aromatic rings.